The van der Waals surface area contributed by atoms with E-state index in [4.69, 9.17) is 0 Å². The van der Waals surface area contributed by atoms with Gasteiger partial charge in [-0.05, 0) is 30.0 Å². The number of anilines is 1. The summed E-state index contributed by atoms with van der Waals surface area (Å²) in [6, 6.07) is 5.88. The normalized spacial score (nSPS) is 12.9. The van der Waals surface area contributed by atoms with Gasteiger partial charge >= 0.3 is 0 Å². The molecule has 2 rings (SSSR count). The van der Waals surface area contributed by atoms with Crippen LogP contribution in [-0.4, -0.2) is 8.42 Å². The molecule has 0 aliphatic heterocycles. The predicted molar refractivity (Wildman–Crippen MR) is 82.2 cm³/mol. The third kappa shape index (κ3) is 3.60. The number of hydrogen-bond acceptors (Lipinski definition) is 2. The van der Waals surface area contributed by atoms with Gasteiger partial charge in [-0.15, -0.1) is 0 Å². The van der Waals surface area contributed by atoms with Crippen molar-refractivity contribution in [2.45, 2.75) is 31.1 Å². The van der Waals surface area contributed by atoms with Gasteiger partial charge in [-0.25, -0.2) is 30.4 Å². The van der Waals surface area contributed by atoms with Crippen LogP contribution in [0.3, 0.4) is 0 Å². The Balaban J connectivity index is 2.44. The van der Waals surface area contributed by atoms with Gasteiger partial charge in [-0.3, -0.25) is 4.72 Å². The quantitative estimate of drug-likeness (QED) is 0.465. The Bertz CT molecular complexity index is 869. The zero-order valence-electron chi connectivity index (χ0n) is 13.2. The first-order valence-electron chi connectivity index (χ1n) is 7.24. The molecule has 0 heterocycles. The molecule has 0 aliphatic carbocycles. The highest BCUT2D eigenvalue weighted by molar-refractivity contribution is 7.92. The molecular weight excluding hydrogens is 365 g/mol. The molecule has 0 radical (unpaired) electrons. The molecule has 136 valence electrons. The van der Waals surface area contributed by atoms with Crippen molar-refractivity contribution in [3.8, 4) is 0 Å². The summed E-state index contributed by atoms with van der Waals surface area (Å²) in [5.74, 6) is -11.7. The van der Waals surface area contributed by atoms with E-state index in [-0.39, 0.29) is 11.6 Å². The molecule has 0 fully saturated rings. The SMILES string of the molecule is CCC(C)c1ccc(NS(=O)(=O)c2c(F)c(F)c(F)c(F)c2F)cc1. The molecule has 1 atom stereocenters. The lowest BCUT2D eigenvalue weighted by atomic mass is 9.99. The topological polar surface area (TPSA) is 46.2 Å². The van der Waals surface area contributed by atoms with E-state index in [1.807, 2.05) is 18.6 Å². The second kappa shape index (κ2) is 6.99. The smallest absolute Gasteiger partial charge is 0.267 e. The summed E-state index contributed by atoms with van der Waals surface area (Å²) >= 11 is 0. The number of nitrogens with one attached hydrogen (secondary N) is 1. The molecule has 0 spiro atoms. The van der Waals surface area contributed by atoms with Gasteiger partial charge in [0.15, 0.2) is 28.2 Å². The Labute approximate surface area is 141 Å². The average molecular weight is 379 g/mol. The molecule has 3 nitrogen and oxygen atoms in total. The maximum Gasteiger partial charge on any atom is 0.267 e. The van der Waals surface area contributed by atoms with Crippen LogP contribution in [0.5, 0.6) is 0 Å². The van der Waals surface area contributed by atoms with Gasteiger partial charge in [0, 0.05) is 5.69 Å². The molecule has 0 aromatic heterocycles. The summed E-state index contributed by atoms with van der Waals surface area (Å²) < 4.78 is 92.8. The molecule has 9 heteroatoms. The molecule has 1 unspecified atom stereocenters. The fourth-order valence-corrected chi connectivity index (χ4v) is 3.34. The first-order chi connectivity index (χ1) is 11.6. The Morgan fingerprint density at radius 1 is 0.880 bits per heavy atom. The van der Waals surface area contributed by atoms with Crippen molar-refractivity contribution >= 4 is 15.7 Å². The monoisotopic (exact) mass is 379 g/mol. The van der Waals surface area contributed by atoms with Crippen LogP contribution >= 0.6 is 0 Å². The minimum Gasteiger partial charge on any atom is -0.279 e. The van der Waals surface area contributed by atoms with E-state index in [1.54, 1.807) is 12.1 Å². The maximum atomic E-state index is 13.7. The van der Waals surface area contributed by atoms with Crippen LogP contribution in [0, 0.1) is 29.1 Å². The van der Waals surface area contributed by atoms with E-state index in [2.05, 4.69) is 0 Å². The minimum atomic E-state index is -5.02. The van der Waals surface area contributed by atoms with Crippen molar-refractivity contribution in [3.63, 3.8) is 0 Å². The molecule has 0 saturated carbocycles. The third-order valence-electron chi connectivity index (χ3n) is 3.78. The Morgan fingerprint density at radius 3 is 1.76 bits per heavy atom. The predicted octanol–water partition coefficient (Wildman–Crippen LogP) is 4.70. The van der Waals surface area contributed by atoms with Crippen molar-refractivity contribution in [3.05, 3.63) is 58.9 Å². The van der Waals surface area contributed by atoms with Crippen LogP contribution < -0.4 is 4.72 Å². The van der Waals surface area contributed by atoms with Crippen LogP contribution in [0.1, 0.15) is 31.7 Å². The van der Waals surface area contributed by atoms with Gasteiger partial charge in [0.05, 0.1) is 0 Å². The Kier molecular flexibility index (Phi) is 5.36. The van der Waals surface area contributed by atoms with Gasteiger partial charge < -0.3 is 0 Å². The number of benzene rings is 2. The van der Waals surface area contributed by atoms with Crippen molar-refractivity contribution in [1.82, 2.24) is 0 Å². The molecular formula is C16H14F5NO2S. The van der Waals surface area contributed by atoms with Crippen LogP contribution in [-0.2, 0) is 10.0 Å². The standard InChI is InChI=1S/C16H14F5NO2S/c1-3-8(2)9-4-6-10(7-5-9)22-25(23,24)16-14(20)12(18)11(17)13(19)15(16)21/h4-8,22H,3H2,1-2H3. The summed E-state index contributed by atoms with van der Waals surface area (Å²) in [7, 11) is -5.02. The van der Waals surface area contributed by atoms with E-state index >= 15 is 0 Å². The summed E-state index contributed by atoms with van der Waals surface area (Å²) in [5.41, 5.74) is 0.831. The van der Waals surface area contributed by atoms with Crippen molar-refractivity contribution in [1.29, 1.82) is 0 Å². The first-order valence-corrected chi connectivity index (χ1v) is 8.72. The van der Waals surface area contributed by atoms with Gasteiger partial charge in [0.25, 0.3) is 10.0 Å². The van der Waals surface area contributed by atoms with Crippen LogP contribution in [0.25, 0.3) is 0 Å². The van der Waals surface area contributed by atoms with Gasteiger partial charge in [0.1, 0.15) is 0 Å². The van der Waals surface area contributed by atoms with Gasteiger partial charge in [-0.1, -0.05) is 26.0 Å². The summed E-state index contributed by atoms with van der Waals surface area (Å²) in [5, 5.41) is 0. The van der Waals surface area contributed by atoms with Gasteiger partial charge in [-0.2, -0.15) is 0 Å². The van der Waals surface area contributed by atoms with Crippen LogP contribution in [0.2, 0.25) is 0 Å². The van der Waals surface area contributed by atoms with E-state index in [9.17, 15) is 30.4 Å². The summed E-state index contributed by atoms with van der Waals surface area (Å²) in [4.78, 5) is -1.92. The van der Waals surface area contributed by atoms with Crippen LogP contribution in [0.4, 0.5) is 27.6 Å². The zero-order chi connectivity index (χ0) is 18.9. The molecule has 1 N–H and O–H groups in total. The fraction of sp³-hybridized carbons (Fsp3) is 0.250. The van der Waals surface area contributed by atoms with E-state index in [0.29, 0.717) is 0 Å². The average Bonchev–Trinajstić information content (AvgIpc) is 2.57. The lowest BCUT2D eigenvalue weighted by Crippen LogP contribution is -2.19. The molecule has 25 heavy (non-hydrogen) atoms. The highest BCUT2D eigenvalue weighted by Gasteiger charge is 2.33. The van der Waals surface area contributed by atoms with E-state index in [1.165, 1.54) is 12.1 Å². The van der Waals surface area contributed by atoms with Crippen molar-refractivity contribution < 1.29 is 30.4 Å². The molecule has 2 aromatic carbocycles. The molecule has 0 amide bonds. The van der Waals surface area contributed by atoms with E-state index < -0.39 is 44.0 Å². The van der Waals surface area contributed by atoms with Crippen LogP contribution in [0.15, 0.2) is 29.2 Å². The second-order valence-electron chi connectivity index (χ2n) is 5.44. The molecule has 2 aromatic rings. The second-order valence-corrected chi connectivity index (χ2v) is 7.06. The largest absolute Gasteiger partial charge is 0.279 e. The van der Waals surface area contributed by atoms with Crippen molar-refractivity contribution in [2.75, 3.05) is 4.72 Å². The van der Waals surface area contributed by atoms with Crippen molar-refractivity contribution in [2.24, 2.45) is 0 Å². The maximum absolute atomic E-state index is 13.7. The third-order valence-corrected chi connectivity index (χ3v) is 5.18. The number of rotatable bonds is 5. The lowest BCUT2D eigenvalue weighted by molar-refractivity contribution is 0.358. The molecule has 0 bridgehead atoms. The lowest BCUT2D eigenvalue weighted by Gasteiger charge is -2.13. The Hall–Kier alpha value is -2.16. The highest BCUT2D eigenvalue weighted by atomic mass is 32.2. The van der Waals surface area contributed by atoms with E-state index in [0.717, 1.165) is 12.0 Å². The molecule has 0 saturated heterocycles. The summed E-state index contributed by atoms with van der Waals surface area (Å²) in [6.07, 6.45) is 0.843. The fourth-order valence-electron chi connectivity index (χ4n) is 2.14. The van der Waals surface area contributed by atoms with Gasteiger partial charge in [0.2, 0.25) is 5.82 Å². The first kappa shape index (κ1) is 19.2. The number of sulfonamides is 1. The number of halogens is 5. The number of hydrogen-bond donors (Lipinski definition) is 1. The minimum absolute atomic E-state index is 0.0732. The Morgan fingerprint density at radius 2 is 1.32 bits per heavy atom. The highest BCUT2D eigenvalue weighted by Crippen LogP contribution is 2.28. The zero-order valence-corrected chi connectivity index (χ0v) is 14.0. The summed E-state index contributed by atoms with van der Waals surface area (Å²) in [6.45, 7) is 3.92. The molecule has 0 aliphatic rings.